The first-order chi connectivity index (χ1) is 0. The van der Waals surface area contributed by atoms with Crippen molar-refractivity contribution >= 4 is 17.1 Å². The summed E-state index contributed by atoms with van der Waals surface area (Å²) in [5.74, 6) is 0. The summed E-state index contributed by atoms with van der Waals surface area (Å²) in [6.45, 7) is 0. The van der Waals surface area contributed by atoms with Crippen LogP contribution in [0.3, 0.4) is 0 Å². The zero-order chi connectivity index (χ0) is 0. The Bertz CT molecular complexity index is 8.00. The van der Waals surface area contributed by atoms with Crippen LogP contribution in [0.5, 0.6) is 0 Å². The molecule has 0 aliphatic rings. The fourth-order valence-corrected chi connectivity index (χ4v) is 0. The second kappa shape index (κ2) is 19.0. The third-order valence-electron chi connectivity index (χ3n) is 0. The molecule has 0 fully saturated rings. The van der Waals surface area contributed by atoms with E-state index in [-0.39, 0.29) is 71.0 Å². The molecule has 0 aromatic carbocycles. The maximum atomic E-state index is 0. The van der Waals surface area contributed by atoms with Gasteiger partial charge in [0, 0.05) is 53.9 Å². The minimum absolute atomic E-state index is 0. The minimum Gasteiger partial charge on any atom is 0 e. The molecule has 1 radical (unpaired) electrons. The molecule has 0 aliphatic carbocycles. The van der Waals surface area contributed by atoms with Gasteiger partial charge in [0.15, 0.2) is 0 Å². The van der Waals surface area contributed by atoms with E-state index in [1.807, 2.05) is 0 Å². The van der Waals surface area contributed by atoms with Crippen LogP contribution in [0.2, 0.25) is 0 Å². The fraction of sp³-hybridized carbons (Fsp3) is 0. The second-order valence-electron chi connectivity index (χ2n) is 0. The van der Waals surface area contributed by atoms with Gasteiger partial charge in [-0.15, -0.1) is 0 Å². The average Bonchev–Trinajstić information content (AvgIpc) is 0. The monoisotopic (exact) mass is 253 g/mol. The van der Waals surface area contributed by atoms with E-state index in [0.29, 0.717) is 0 Å². The number of rotatable bonds is 0. The Morgan fingerprint density at radius 1 is 1.00 bits per heavy atom. The maximum absolute atomic E-state index is 0. The molecule has 4 heteroatoms. The summed E-state index contributed by atoms with van der Waals surface area (Å²) < 4.78 is 0. The quantitative estimate of drug-likeness (QED) is 0.490. The smallest absolute Gasteiger partial charge is 0 e. The van der Waals surface area contributed by atoms with Crippen molar-refractivity contribution in [3.63, 3.8) is 0 Å². The van der Waals surface area contributed by atoms with Gasteiger partial charge in [0.2, 0.25) is 0 Å². The van der Waals surface area contributed by atoms with Crippen LogP contribution in [0, 0.1) is 0 Å². The van der Waals surface area contributed by atoms with E-state index < -0.39 is 0 Å². The van der Waals surface area contributed by atoms with E-state index in [1.165, 1.54) is 0 Å². The van der Waals surface area contributed by atoms with E-state index in [9.17, 15) is 0 Å². The van der Waals surface area contributed by atoms with Crippen molar-refractivity contribution in [3.8, 4) is 0 Å². The Morgan fingerprint density at radius 3 is 1.00 bits per heavy atom. The Morgan fingerprint density at radius 2 is 1.00 bits per heavy atom. The van der Waals surface area contributed by atoms with Crippen molar-refractivity contribution in [2.75, 3.05) is 0 Å². The molecular weight excluding hydrogens is 251 g/mol. The van der Waals surface area contributed by atoms with Gasteiger partial charge in [0.25, 0.3) is 0 Å². The molecule has 0 amide bonds. The standard InChI is InChI=1S/Cr.Mn.H2Se.Zn/h;;1H2;. The SMILES string of the molecule is [Cr].[Mn].[SeH2].[Zn]. The molecule has 0 atom stereocenters. The van der Waals surface area contributed by atoms with Gasteiger partial charge in [0.05, 0.1) is 0 Å². The molecular formula is H2CrMnSeZn. The van der Waals surface area contributed by atoms with Gasteiger partial charge in [-0.25, -0.2) is 0 Å². The minimum atomic E-state index is 0. The van der Waals surface area contributed by atoms with Crippen molar-refractivity contribution in [3.05, 3.63) is 0 Å². The molecule has 0 saturated carbocycles. The summed E-state index contributed by atoms with van der Waals surface area (Å²) in [7, 11) is 0. The molecule has 0 heterocycles. The van der Waals surface area contributed by atoms with Gasteiger partial charge < -0.3 is 0 Å². The summed E-state index contributed by atoms with van der Waals surface area (Å²) in [5.41, 5.74) is 0. The third kappa shape index (κ3) is 8.89. The molecule has 0 nitrogen and oxygen atoms in total. The van der Waals surface area contributed by atoms with Crippen molar-refractivity contribution < 1.29 is 53.9 Å². The predicted octanol–water partition coefficient (Wildman–Crippen LogP) is -0.924. The normalized spacial score (nSPS) is 0. The number of hydrogen-bond acceptors (Lipinski definition) is 0. The summed E-state index contributed by atoms with van der Waals surface area (Å²) in [6, 6.07) is 0. The summed E-state index contributed by atoms with van der Waals surface area (Å²) in [6.07, 6.45) is 0. The molecule has 0 unspecified atom stereocenters. The van der Waals surface area contributed by atoms with Crippen LogP contribution in [0.25, 0.3) is 0 Å². The first kappa shape index (κ1) is 34.7. The van der Waals surface area contributed by atoms with Crippen LogP contribution in [0.15, 0.2) is 0 Å². The molecule has 0 spiro atoms. The first-order valence-electron chi connectivity index (χ1n) is 0. The van der Waals surface area contributed by atoms with Crippen molar-refractivity contribution in [1.29, 1.82) is 0 Å². The Balaban J connectivity index is 0. The van der Waals surface area contributed by atoms with Gasteiger partial charge in [-0.3, -0.25) is 0 Å². The van der Waals surface area contributed by atoms with Gasteiger partial charge in [-0.1, -0.05) is 0 Å². The molecule has 0 rings (SSSR count). The average molecular weight is 253 g/mol. The topological polar surface area (TPSA) is 0 Å². The maximum Gasteiger partial charge on any atom is 0 e. The van der Waals surface area contributed by atoms with Crippen LogP contribution < -0.4 is 0 Å². The van der Waals surface area contributed by atoms with E-state index >= 15 is 0 Å². The van der Waals surface area contributed by atoms with Crippen molar-refractivity contribution in [1.82, 2.24) is 0 Å². The molecule has 0 aromatic heterocycles. The Labute approximate surface area is 70.3 Å². The third-order valence-corrected chi connectivity index (χ3v) is 0. The van der Waals surface area contributed by atoms with Crippen molar-refractivity contribution in [2.24, 2.45) is 0 Å². The summed E-state index contributed by atoms with van der Waals surface area (Å²) in [5, 5.41) is 0. The fourth-order valence-electron chi connectivity index (χ4n) is 0. The predicted molar refractivity (Wildman–Crippen MR) is 8.54 cm³/mol. The zero-order valence-electron chi connectivity index (χ0n) is 1.99. The van der Waals surface area contributed by atoms with Crippen LogP contribution in [0.1, 0.15) is 0 Å². The molecule has 4 heavy (non-hydrogen) atoms. The summed E-state index contributed by atoms with van der Waals surface area (Å²) in [4.78, 5) is 0. The molecule has 23 valence electrons. The molecule has 0 aromatic rings. The molecule has 0 N–H and O–H groups in total. The van der Waals surface area contributed by atoms with Gasteiger partial charge in [0.1, 0.15) is 0 Å². The largest absolute Gasteiger partial charge is 0 e. The number of hydrogen-bond donors (Lipinski definition) is 0. The van der Waals surface area contributed by atoms with Crippen LogP contribution in [-0.4, -0.2) is 17.1 Å². The van der Waals surface area contributed by atoms with Crippen LogP contribution in [-0.2, 0) is 53.9 Å². The van der Waals surface area contributed by atoms with E-state index in [4.69, 9.17) is 0 Å². The second-order valence-corrected chi connectivity index (χ2v) is 0. The summed E-state index contributed by atoms with van der Waals surface area (Å²) >= 11 is 0. The van der Waals surface area contributed by atoms with E-state index in [0.717, 1.165) is 0 Å². The van der Waals surface area contributed by atoms with Gasteiger partial charge in [-0.2, -0.15) is 0 Å². The van der Waals surface area contributed by atoms with E-state index in [1.54, 1.807) is 0 Å². The Hall–Kier alpha value is 2.19. The van der Waals surface area contributed by atoms with Crippen molar-refractivity contribution in [2.45, 2.75) is 0 Å². The molecule has 0 bridgehead atoms. The molecule has 0 aliphatic heterocycles. The van der Waals surface area contributed by atoms with Crippen LogP contribution >= 0.6 is 0 Å². The first-order valence-corrected chi connectivity index (χ1v) is 0. The molecule has 0 saturated heterocycles. The van der Waals surface area contributed by atoms with E-state index in [2.05, 4.69) is 0 Å². The van der Waals surface area contributed by atoms with Gasteiger partial charge >= 0.3 is 17.1 Å². The zero-order valence-corrected chi connectivity index (χ0v) is 9.51. The van der Waals surface area contributed by atoms with Gasteiger partial charge in [-0.05, 0) is 0 Å². The Kier molecular flexibility index (Phi) is 165. The van der Waals surface area contributed by atoms with Crippen LogP contribution in [0.4, 0.5) is 0 Å².